The molecule has 4 heterocycles. The van der Waals surface area contributed by atoms with Gasteiger partial charge in [0.25, 0.3) is 0 Å². The van der Waals surface area contributed by atoms with Crippen molar-refractivity contribution in [1.29, 1.82) is 10.5 Å². The molecule has 0 N–H and O–H groups in total. The molecule has 1 saturated heterocycles. The quantitative estimate of drug-likeness (QED) is 0.0582. The van der Waals surface area contributed by atoms with E-state index in [0.717, 1.165) is 57.8 Å². The molecule has 6 nitrogen and oxygen atoms in total. The molecule has 0 unspecified atom stereocenters. The van der Waals surface area contributed by atoms with Gasteiger partial charge in [0.15, 0.2) is 34.9 Å². The third kappa shape index (κ3) is 9.45. The average molecular weight is 1100 g/mol. The molecule has 0 radical (unpaired) electrons. The van der Waals surface area contributed by atoms with Crippen molar-refractivity contribution in [3.8, 4) is 40.3 Å². The molecule has 3 aromatic heterocycles. The molecule has 398 valence electrons. The van der Waals surface area contributed by atoms with Gasteiger partial charge in [0.1, 0.15) is 40.3 Å². The van der Waals surface area contributed by atoms with E-state index in [-0.39, 0.29) is 59.6 Å². The van der Waals surface area contributed by atoms with Crippen LogP contribution in [0.2, 0.25) is 0 Å². The number of rotatable bonds is 3. The maximum absolute atomic E-state index is 18.0. The summed E-state index contributed by atoms with van der Waals surface area (Å²) < 4.78 is 108. The minimum Gasteiger partial charge on any atom is -0.552 e. The van der Waals surface area contributed by atoms with Gasteiger partial charge in [-0.1, -0.05) is 164 Å². The Kier molecular flexibility index (Phi) is 16.2. The summed E-state index contributed by atoms with van der Waals surface area (Å²) in [5.41, 5.74) is 8.10. The van der Waals surface area contributed by atoms with Crippen LogP contribution in [0.3, 0.4) is 0 Å². The zero-order valence-electron chi connectivity index (χ0n) is 44.2. The first-order valence-corrected chi connectivity index (χ1v) is 25.5. The van der Waals surface area contributed by atoms with E-state index < -0.39 is 46.3 Å². The van der Waals surface area contributed by atoms with Crippen molar-refractivity contribution in [3.63, 3.8) is 0 Å². The number of nitriles is 2. The standard InChI is InChI=1S/C43H24F2N4.C13H10.C7F5N.C4H7O.CH3.Na/c44-39-41(47-33-19-7-1-13-26(33)27-14-2-8-20-34(27)47)32(25-46)42(48-35-21-9-3-15-28(35)29-16-4-10-22-36(29)48)40(45)43(39)49-37-23-11-5-17-30(37)31-18-6-12-24-38(31)49;1-3-7-12-10(5-1)9-11-6-2-4-8-13(11)12;8-3-2(1-13)4(9)6(11)7(12)5(3)10;1-2-4-5-3-1;;/h1-24H;1-8H,9H2;;3H,1-2,4H2;1H3;/q;;;2*-1;+1. The molecule has 0 atom stereocenters. The maximum atomic E-state index is 18.0. The molecule has 10 aromatic carbocycles. The largest absolute Gasteiger partial charge is 1.00 e. The Morgan fingerprint density at radius 1 is 0.366 bits per heavy atom. The van der Waals surface area contributed by atoms with E-state index in [1.165, 1.54) is 28.7 Å². The zero-order chi connectivity index (χ0) is 55.2. The minimum absolute atomic E-state index is 0. The Hall–Kier alpha value is -8.95. The first-order valence-electron chi connectivity index (χ1n) is 25.5. The van der Waals surface area contributed by atoms with Crippen LogP contribution in [0.4, 0.5) is 30.7 Å². The summed E-state index contributed by atoms with van der Waals surface area (Å²) >= 11 is 0. The van der Waals surface area contributed by atoms with Gasteiger partial charge in [0.05, 0.1) is 33.1 Å². The van der Waals surface area contributed by atoms with Gasteiger partial charge in [-0.2, -0.15) is 16.9 Å². The Morgan fingerprint density at radius 2 is 0.659 bits per heavy atom. The van der Waals surface area contributed by atoms with Crippen molar-refractivity contribution in [1.82, 2.24) is 13.7 Å². The molecule has 2 aliphatic rings. The summed E-state index contributed by atoms with van der Waals surface area (Å²) in [6, 6.07) is 66.8. The van der Waals surface area contributed by atoms with Crippen LogP contribution in [0, 0.1) is 77.4 Å². The SMILES string of the molecule is N#Cc1c(-n2c3ccccc3c3ccccc32)c(F)c(-n2c3ccccc3c3ccccc32)c(F)c1-n1c2ccccc2c2ccccc21.N#Cc1c(F)c(F)c(F)c(F)c1F.[CH-]1CCCO1.[CH3-].[Na+].c1ccc2c(c1)Cc1ccccc1-2. The molecule has 0 amide bonds. The van der Waals surface area contributed by atoms with Crippen LogP contribution in [0.5, 0.6) is 0 Å². The van der Waals surface area contributed by atoms with Gasteiger partial charge < -0.3 is 25.9 Å². The Balaban J connectivity index is 0.000000184. The number of hydrogen-bond acceptors (Lipinski definition) is 3. The van der Waals surface area contributed by atoms with E-state index in [4.69, 9.17) is 10.00 Å². The van der Waals surface area contributed by atoms with Gasteiger partial charge in [0.2, 0.25) is 5.82 Å². The van der Waals surface area contributed by atoms with Gasteiger partial charge in [-0.15, -0.1) is 0 Å². The molecule has 13 aromatic rings. The topological polar surface area (TPSA) is 71.6 Å². The summed E-state index contributed by atoms with van der Waals surface area (Å²) in [5.74, 6) is -12.4. The van der Waals surface area contributed by atoms with E-state index >= 15 is 8.78 Å². The summed E-state index contributed by atoms with van der Waals surface area (Å²) in [6.45, 7) is 2.81. The van der Waals surface area contributed by atoms with E-state index in [1.54, 1.807) is 13.7 Å². The zero-order valence-corrected chi connectivity index (χ0v) is 46.2. The van der Waals surface area contributed by atoms with Crippen molar-refractivity contribution in [2.45, 2.75) is 19.3 Å². The summed E-state index contributed by atoms with van der Waals surface area (Å²) in [4.78, 5) is 0. The summed E-state index contributed by atoms with van der Waals surface area (Å²) in [7, 11) is 0. The molecule has 1 aliphatic carbocycles. The Labute approximate surface area is 489 Å². The molecule has 0 saturated carbocycles. The number of para-hydroxylation sites is 6. The number of nitrogens with zero attached hydrogens (tertiary/aromatic N) is 5. The van der Waals surface area contributed by atoms with Gasteiger partial charge in [-0.3, -0.25) is 0 Å². The summed E-state index contributed by atoms with van der Waals surface area (Å²) in [6.07, 6.45) is 3.48. The van der Waals surface area contributed by atoms with Crippen LogP contribution in [0.25, 0.3) is 93.6 Å². The molecule has 15 rings (SSSR count). The molecule has 1 aliphatic heterocycles. The second kappa shape index (κ2) is 23.6. The molecule has 14 heteroatoms. The van der Waals surface area contributed by atoms with Crippen LogP contribution in [-0.2, 0) is 11.2 Å². The van der Waals surface area contributed by atoms with E-state index in [9.17, 15) is 27.2 Å². The number of halogens is 7. The van der Waals surface area contributed by atoms with Crippen LogP contribution in [0.1, 0.15) is 35.1 Å². The second-order valence-corrected chi connectivity index (χ2v) is 19.0. The van der Waals surface area contributed by atoms with Gasteiger partial charge in [-0.25, -0.2) is 37.3 Å². The van der Waals surface area contributed by atoms with Crippen molar-refractivity contribution < 1.29 is 65.0 Å². The van der Waals surface area contributed by atoms with Crippen LogP contribution >= 0.6 is 0 Å². The predicted molar refractivity (Wildman–Crippen MR) is 306 cm³/mol. The first-order chi connectivity index (χ1) is 39.1. The number of fused-ring (bicyclic) bond motifs is 12. The molecule has 0 bridgehead atoms. The number of benzene rings is 10. The molecule has 1 fully saturated rings. The maximum Gasteiger partial charge on any atom is 1.00 e. The fourth-order valence-electron chi connectivity index (χ4n) is 11.1. The van der Waals surface area contributed by atoms with E-state index in [0.29, 0.717) is 33.1 Å². The normalized spacial score (nSPS) is 12.1. The molecule has 0 spiro atoms. The Bertz CT molecular complexity index is 4320. The Morgan fingerprint density at radius 3 is 0.951 bits per heavy atom. The van der Waals surface area contributed by atoms with Gasteiger partial charge >= 0.3 is 29.6 Å². The van der Waals surface area contributed by atoms with Crippen molar-refractivity contribution in [3.05, 3.63) is 271 Å². The van der Waals surface area contributed by atoms with E-state index in [1.807, 2.05) is 152 Å². The van der Waals surface area contributed by atoms with Crippen LogP contribution in [-0.4, -0.2) is 20.3 Å². The van der Waals surface area contributed by atoms with Crippen molar-refractivity contribution >= 4 is 65.4 Å². The molecular weight excluding hydrogens is 1060 g/mol. The van der Waals surface area contributed by atoms with E-state index in [2.05, 4.69) is 54.6 Å². The third-order valence-electron chi connectivity index (χ3n) is 14.6. The number of ether oxygens (including phenoxy) is 1. The third-order valence-corrected chi connectivity index (χ3v) is 14.6. The smallest absolute Gasteiger partial charge is 0.552 e. The predicted octanol–water partition coefficient (Wildman–Crippen LogP) is 15.1. The van der Waals surface area contributed by atoms with Gasteiger partial charge in [0, 0.05) is 38.9 Å². The average Bonchev–Trinajstić information content (AvgIpc) is 2.80. The molecule has 82 heavy (non-hydrogen) atoms. The first kappa shape index (κ1) is 56.3. The second-order valence-electron chi connectivity index (χ2n) is 19.0. The van der Waals surface area contributed by atoms with Crippen LogP contribution in [0.15, 0.2) is 194 Å². The minimum atomic E-state index is -2.27. The van der Waals surface area contributed by atoms with Gasteiger partial charge in [-0.05, 0) is 65.1 Å². The number of hydrogen-bond donors (Lipinski definition) is 0. The number of aromatic nitrogens is 3. The molecular formula is C68H44F7N5NaO-. The summed E-state index contributed by atoms with van der Waals surface area (Å²) in [5, 5.41) is 24.5. The monoisotopic (exact) mass is 1100 g/mol. The van der Waals surface area contributed by atoms with Crippen molar-refractivity contribution in [2.75, 3.05) is 6.61 Å². The van der Waals surface area contributed by atoms with Crippen molar-refractivity contribution in [2.24, 2.45) is 0 Å². The fourth-order valence-corrected chi connectivity index (χ4v) is 11.1. The van der Waals surface area contributed by atoms with Crippen LogP contribution < -0.4 is 29.6 Å². The fraction of sp³-hybridized carbons (Fsp3) is 0.0588.